The van der Waals surface area contributed by atoms with E-state index in [4.69, 9.17) is 9.84 Å². The van der Waals surface area contributed by atoms with Crippen molar-refractivity contribution in [2.24, 2.45) is 0 Å². The monoisotopic (exact) mass is 261 g/mol. The predicted molar refractivity (Wildman–Crippen MR) is 66.2 cm³/mol. The molecular weight excluding hydrogens is 242 g/mol. The molecule has 0 saturated carbocycles. The number of hydrogen-bond donors (Lipinski definition) is 1. The Labute approximate surface area is 105 Å². The fourth-order valence-electron chi connectivity index (χ4n) is 1.80. The maximum atomic E-state index is 12.0. The second-order valence-electron chi connectivity index (χ2n) is 4.14. The Morgan fingerprint density at radius 2 is 2.18 bits per heavy atom. The van der Waals surface area contributed by atoms with Crippen LogP contribution in [-0.4, -0.2) is 58.7 Å². The highest BCUT2D eigenvalue weighted by Gasteiger charge is 2.28. The van der Waals surface area contributed by atoms with Gasteiger partial charge in [-0.2, -0.15) is 0 Å². The molecular formula is C11H19NO4S. The highest BCUT2D eigenvalue weighted by molar-refractivity contribution is 8.00. The van der Waals surface area contributed by atoms with Gasteiger partial charge >= 0.3 is 5.97 Å². The number of hydrogen-bond acceptors (Lipinski definition) is 4. The molecule has 0 spiro atoms. The molecule has 2 atom stereocenters. The van der Waals surface area contributed by atoms with E-state index >= 15 is 0 Å². The number of ether oxygens (including phenoxy) is 1. The Kier molecular flexibility index (Phi) is 5.77. The van der Waals surface area contributed by atoms with E-state index in [9.17, 15) is 9.59 Å². The smallest absolute Gasteiger partial charge is 0.313 e. The molecule has 1 heterocycles. The van der Waals surface area contributed by atoms with Gasteiger partial charge in [0.05, 0.1) is 30.3 Å². The topological polar surface area (TPSA) is 66.8 Å². The van der Waals surface area contributed by atoms with Crippen LogP contribution in [0.3, 0.4) is 0 Å². The molecule has 0 radical (unpaired) electrons. The molecule has 1 fully saturated rings. The van der Waals surface area contributed by atoms with E-state index in [1.54, 1.807) is 0 Å². The van der Waals surface area contributed by atoms with E-state index in [1.165, 1.54) is 0 Å². The number of rotatable bonds is 5. The molecule has 0 aliphatic carbocycles. The van der Waals surface area contributed by atoms with Crippen LogP contribution in [0.2, 0.25) is 0 Å². The van der Waals surface area contributed by atoms with Gasteiger partial charge in [-0.3, -0.25) is 9.59 Å². The van der Waals surface area contributed by atoms with Crippen LogP contribution >= 0.6 is 11.8 Å². The van der Waals surface area contributed by atoms with Crippen LogP contribution in [0.15, 0.2) is 0 Å². The van der Waals surface area contributed by atoms with Gasteiger partial charge in [-0.05, 0) is 13.3 Å². The average molecular weight is 261 g/mol. The zero-order valence-corrected chi connectivity index (χ0v) is 11.0. The fourth-order valence-corrected chi connectivity index (χ4v) is 2.41. The summed E-state index contributed by atoms with van der Waals surface area (Å²) in [5.41, 5.74) is 0. The van der Waals surface area contributed by atoms with E-state index in [2.05, 4.69) is 0 Å². The van der Waals surface area contributed by atoms with E-state index in [0.717, 1.165) is 18.2 Å². The molecule has 1 N–H and O–H groups in total. The predicted octanol–water partition coefficient (Wildman–Crippen LogP) is 0.830. The molecule has 1 saturated heterocycles. The molecule has 0 aromatic carbocycles. The van der Waals surface area contributed by atoms with Crippen LogP contribution in [0.4, 0.5) is 0 Å². The first-order chi connectivity index (χ1) is 8.04. The molecule has 1 rings (SSSR count). The molecule has 0 aromatic heterocycles. The summed E-state index contributed by atoms with van der Waals surface area (Å²) in [7, 11) is 0. The third-order valence-electron chi connectivity index (χ3n) is 2.71. The number of amides is 1. The first-order valence-corrected chi connectivity index (χ1v) is 6.90. The van der Waals surface area contributed by atoms with E-state index < -0.39 is 5.97 Å². The Morgan fingerprint density at radius 3 is 2.76 bits per heavy atom. The summed E-state index contributed by atoms with van der Waals surface area (Å²) >= 11 is 1.15. The van der Waals surface area contributed by atoms with Crippen molar-refractivity contribution in [2.75, 3.05) is 24.7 Å². The van der Waals surface area contributed by atoms with Gasteiger partial charge in [-0.25, -0.2) is 0 Å². The number of morpholine rings is 1. The highest BCUT2D eigenvalue weighted by Crippen LogP contribution is 2.16. The van der Waals surface area contributed by atoms with Crippen LogP contribution in [0.25, 0.3) is 0 Å². The van der Waals surface area contributed by atoms with Crippen LogP contribution in [0.1, 0.15) is 20.3 Å². The number of nitrogens with zero attached hydrogens (tertiary/aromatic N) is 1. The minimum atomic E-state index is -0.884. The first kappa shape index (κ1) is 14.3. The lowest BCUT2D eigenvalue weighted by Gasteiger charge is -2.38. The minimum Gasteiger partial charge on any atom is -0.481 e. The Morgan fingerprint density at radius 1 is 1.47 bits per heavy atom. The van der Waals surface area contributed by atoms with Gasteiger partial charge in [0.1, 0.15) is 0 Å². The quantitative estimate of drug-likeness (QED) is 0.794. The molecule has 5 nitrogen and oxygen atoms in total. The van der Waals surface area contributed by atoms with Crippen LogP contribution in [0, 0.1) is 0 Å². The number of thioether (sulfide) groups is 1. The van der Waals surface area contributed by atoms with Crippen LogP contribution in [-0.2, 0) is 14.3 Å². The van der Waals surface area contributed by atoms with Gasteiger partial charge in [0.25, 0.3) is 0 Å². The Balaban J connectivity index is 2.44. The molecule has 98 valence electrons. The number of carboxylic acid groups (broad SMARTS) is 1. The maximum Gasteiger partial charge on any atom is 0.313 e. The SMILES string of the molecule is CCC1COC(C)CN1C(=O)CSCC(=O)O. The average Bonchev–Trinajstić information content (AvgIpc) is 2.28. The van der Waals surface area contributed by atoms with Crippen molar-refractivity contribution < 1.29 is 19.4 Å². The van der Waals surface area contributed by atoms with Crippen molar-refractivity contribution in [3.63, 3.8) is 0 Å². The summed E-state index contributed by atoms with van der Waals surface area (Å²) in [5, 5.41) is 8.51. The summed E-state index contributed by atoms with van der Waals surface area (Å²) in [6, 6.07) is 0.129. The Bertz CT molecular complexity index is 285. The zero-order valence-electron chi connectivity index (χ0n) is 10.2. The summed E-state index contributed by atoms with van der Waals surface area (Å²) in [5.74, 6) is -0.666. The molecule has 2 unspecified atom stereocenters. The molecule has 17 heavy (non-hydrogen) atoms. The third-order valence-corrected chi connectivity index (χ3v) is 3.61. The number of carbonyl (C=O) groups excluding carboxylic acids is 1. The van der Waals surface area contributed by atoms with Gasteiger partial charge in [0.15, 0.2) is 0 Å². The summed E-state index contributed by atoms with van der Waals surface area (Å²) < 4.78 is 5.51. The van der Waals surface area contributed by atoms with Crippen LogP contribution < -0.4 is 0 Å². The van der Waals surface area contributed by atoms with E-state index in [-0.39, 0.29) is 29.6 Å². The second kappa shape index (κ2) is 6.86. The molecule has 0 aromatic rings. The van der Waals surface area contributed by atoms with Crippen molar-refractivity contribution >= 4 is 23.6 Å². The molecule has 1 amide bonds. The molecule has 1 aliphatic heterocycles. The van der Waals surface area contributed by atoms with Crippen molar-refractivity contribution in [1.82, 2.24) is 4.90 Å². The second-order valence-corrected chi connectivity index (χ2v) is 5.12. The fraction of sp³-hybridized carbons (Fsp3) is 0.818. The number of carbonyl (C=O) groups is 2. The first-order valence-electron chi connectivity index (χ1n) is 5.75. The van der Waals surface area contributed by atoms with Crippen molar-refractivity contribution in [2.45, 2.75) is 32.4 Å². The van der Waals surface area contributed by atoms with E-state index in [0.29, 0.717) is 13.2 Å². The molecule has 6 heteroatoms. The standard InChI is InChI=1S/C11H19NO4S/c1-3-9-5-16-8(2)4-12(9)10(13)6-17-7-11(14)15/h8-9H,3-7H2,1-2H3,(H,14,15). The van der Waals surface area contributed by atoms with Crippen LogP contribution in [0.5, 0.6) is 0 Å². The minimum absolute atomic E-state index is 0.0123. The summed E-state index contributed by atoms with van der Waals surface area (Å²) in [6.07, 6.45) is 0.924. The lowest BCUT2D eigenvalue weighted by molar-refractivity contribution is -0.141. The van der Waals surface area contributed by atoms with Gasteiger partial charge < -0.3 is 14.7 Å². The summed E-state index contributed by atoms with van der Waals surface area (Å²) in [6.45, 7) is 5.14. The highest BCUT2D eigenvalue weighted by atomic mass is 32.2. The van der Waals surface area contributed by atoms with Crippen molar-refractivity contribution in [1.29, 1.82) is 0 Å². The Hall–Kier alpha value is -0.750. The van der Waals surface area contributed by atoms with Crippen molar-refractivity contribution in [3.05, 3.63) is 0 Å². The summed E-state index contributed by atoms with van der Waals surface area (Å²) in [4.78, 5) is 24.1. The maximum absolute atomic E-state index is 12.0. The number of aliphatic carboxylic acids is 1. The molecule has 1 aliphatic rings. The third kappa shape index (κ3) is 4.55. The lowest BCUT2D eigenvalue weighted by atomic mass is 10.1. The van der Waals surface area contributed by atoms with Crippen molar-refractivity contribution in [3.8, 4) is 0 Å². The largest absolute Gasteiger partial charge is 0.481 e. The van der Waals surface area contributed by atoms with Gasteiger partial charge in [-0.1, -0.05) is 6.92 Å². The van der Waals surface area contributed by atoms with Gasteiger partial charge in [0, 0.05) is 6.54 Å². The normalized spacial score (nSPS) is 24.7. The molecule has 0 bridgehead atoms. The number of carboxylic acids is 1. The zero-order chi connectivity index (χ0) is 12.8. The van der Waals surface area contributed by atoms with E-state index in [1.807, 2.05) is 18.7 Å². The lowest BCUT2D eigenvalue weighted by Crippen LogP contribution is -2.51. The van der Waals surface area contributed by atoms with Gasteiger partial charge in [0.2, 0.25) is 5.91 Å². The van der Waals surface area contributed by atoms with Gasteiger partial charge in [-0.15, -0.1) is 11.8 Å².